The number of carbonyl (C=O) groups excluding carboxylic acids is 2. The summed E-state index contributed by atoms with van der Waals surface area (Å²) >= 11 is 0. The second-order valence-electron chi connectivity index (χ2n) is 8.40. The first-order valence-corrected chi connectivity index (χ1v) is 10.0. The Kier molecular flexibility index (Phi) is 7.43. The van der Waals surface area contributed by atoms with Crippen LogP contribution in [0.1, 0.15) is 53.5 Å². The van der Waals surface area contributed by atoms with Crippen LogP contribution in [0.15, 0.2) is 48.5 Å². The van der Waals surface area contributed by atoms with Crippen molar-refractivity contribution in [1.82, 2.24) is 0 Å². The van der Waals surface area contributed by atoms with Crippen molar-refractivity contribution < 1.29 is 14.3 Å². The molecule has 2 amide bonds. The molecule has 0 aromatic heterocycles. The summed E-state index contributed by atoms with van der Waals surface area (Å²) in [6, 6.07) is 15.2. The molecule has 0 atom stereocenters. The van der Waals surface area contributed by atoms with Crippen molar-refractivity contribution in [3.8, 4) is 5.75 Å². The van der Waals surface area contributed by atoms with Crippen LogP contribution in [0.25, 0.3) is 0 Å². The minimum atomic E-state index is -0.163. The lowest BCUT2D eigenvalue weighted by Gasteiger charge is -2.29. The average Bonchev–Trinajstić information content (AvgIpc) is 2.62. The van der Waals surface area contributed by atoms with Gasteiger partial charge in [-0.3, -0.25) is 9.59 Å². The van der Waals surface area contributed by atoms with E-state index in [1.807, 2.05) is 62.4 Å². The lowest BCUT2D eigenvalue weighted by atomic mass is 9.85. The zero-order valence-corrected chi connectivity index (χ0v) is 18.3. The van der Waals surface area contributed by atoms with Crippen LogP contribution in [0.2, 0.25) is 0 Å². The highest BCUT2D eigenvalue weighted by Crippen LogP contribution is 2.32. The highest BCUT2D eigenvalue weighted by Gasteiger charge is 2.23. The van der Waals surface area contributed by atoms with E-state index >= 15 is 0 Å². The number of hydrogen-bond acceptors (Lipinski definition) is 3. The molecule has 0 aliphatic heterocycles. The molecule has 2 rings (SSSR count). The maximum atomic E-state index is 12.6. The Labute approximate surface area is 174 Å². The van der Waals surface area contributed by atoms with Crippen molar-refractivity contribution >= 4 is 23.2 Å². The van der Waals surface area contributed by atoms with Crippen LogP contribution in [0.3, 0.4) is 0 Å². The van der Waals surface area contributed by atoms with Crippen molar-refractivity contribution in [3.63, 3.8) is 0 Å². The van der Waals surface area contributed by atoms with Gasteiger partial charge in [0.25, 0.3) is 0 Å². The van der Waals surface area contributed by atoms with E-state index in [0.717, 1.165) is 11.3 Å². The molecule has 0 aliphatic carbocycles. The average molecular weight is 397 g/mol. The second kappa shape index (κ2) is 9.59. The van der Waals surface area contributed by atoms with Gasteiger partial charge in [-0.25, -0.2) is 0 Å². The van der Waals surface area contributed by atoms with Crippen LogP contribution in [0.5, 0.6) is 5.75 Å². The molecular formula is C24H32N2O3. The van der Waals surface area contributed by atoms with E-state index in [0.29, 0.717) is 18.0 Å². The van der Waals surface area contributed by atoms with E-state index in [4.69, 9.17) is 4.74 Å². The minimum absolute atomic E-state index is 0.00940. The van der Waals surface area contributed by atoms with E-state index in [-0.39, 0.29) is 29.8 Å². The van der Waals surface area contributed by atoms with Gasteiger partial charge in [-0.2, -0.15) is 0 Å². The molecule has 2 aromatic carbocycles. The van der Waals surface area contributed by atoms with Gasteiger partial charge in [-0.05, 0) is 43.0 Å². The summed E-state index contributed by atoms with van der Waals surface area (Å²) in [5.41, 5.74) is 2.45. The van der Waals surface area contributed by atoms with Gasteiger partial charge in [0.1, 0.15) is 5.75 Å². The Bertz CT molecular complexity index is 853. The van der Waals surface area contributed by atoms with E-state index in [1.165, 1.54) is 6.92 Å². The Morgan fingerprint density at radius 2 is 1.66 bits per heavy atom. The topological polar surface area (TPSA) is 58.6 Å². The molecular weight excluding hydrogens is 364 g/mol. The van der Waals surface area contributed by atoms with Gasteiger partial charge in [0.2, 0.25) is 11.8 Å². The lowest BCUT2D eigenvalue weighted by Crippen LogP contribution is -2.34. The fourth-order valence-electron chi connectivity index (χ4n) is 3.14. The first-order chi connectivity index (χ1) is 13.6. The highest BCUT2D eigenvalue weighted by molar-refractivity contribution is 5.96. The molecule has 5 nitrogen and oxygen atoms in total. The monoisotopic (exact) mass is 396 g/mol. The number of nitrogens with one attached hydrogen (secondary N) is 1. The first kappa shape index (κ1) is 22.5. The van der Waals surface area contributed by atoms with Crippen LogP contribution < -0.4 is 15.0 Å². The van der Waals surface area contributed by atoms with Crippen LogP contribution in [-0.2, 0) is 15.0 Å². The SMILES string of the molecule is CC(=O)N(CCC(=O)Nc1ccccc1OC(C)C)c1ccccc1C(C)(C)C. The number of benzene rings is 2. The summed E-state index contributed by atoms with van der Waals surface area (Å²) in [7, 11) is 0. The Balaban J connectivity index is 2.13. The number of amides is 2. The quantitative estimate of drug-likeness (QED) is 0.704. The van der Waals surface area contributed by atoms with Gasteiger partial charge < -0.3 is 15.0 Å². The Morgan fingerprint density at radius 1 is 1.03 bits per heavy atom. The third-order valence-corrected chi connectivity index (χ3v) is 4.47. The molecule has 0 radical (unpaired) electrons. The molecule has 0 aliphatic rings. The minimum Gasteiger partial charge on any atom is -0.489 e. The van der Waals surface area contributed by atoms with E-state index < -0.39 is 0 Å². The fourth-order valence-corrected chi connectivity index (χ4v) is 3.14. The van der Waals surface area contributed by atoms with Crippen molar-refractivity contribution in [3.05, 3.63) is 54.1 Å². The Morgan fingerprint density at radius 3 is 2.28 bits per heavy atom. The van der Waals surface area contributed by atoms with Crippen molar-refractivity contribution in [1.29, 1.82) is 0 Å². The largest absolute Gasteiger partial charge is 0.489 e. The number of carbonyl (C=O) groups is 2. The molecule has 2 aromatic rings. The predicted octanol–water partition coefficient (Wildman–Crippen LogP) is 5.15. The number of ether oxygens (including phenoxy) is 1. The van der Waals surface area contributed by atoms with Gasteiger partial charge >= 0.3 is 0 Å². The second-order valence-corrected chi connectivity index (χ2v) is 8.40. The molecule has 0 heterocycles. The van der Waals surface area contributed by atoms with Gasteiger partial charge in [-0.15, -0.1) is 0 Å². The molecule has 0 bridgehead atoms. The summed E-state index contributed by atoms with van der Waals surface area (Å²) in [4.78, 5) is 26.6. The van der Waals surface area contributed by atoms with Crippen molar-refractivity contribution in [2.24, 2.45) is 0 Å². The summed E-state index contributed by atoms with van der Waals surface area (Å²) in [6.45, 7) is 12.1. The molecule has 0 spiro atoms. The van der Waals surface area contributed by atoms with Crippen molar-refractivity contribution in [2.75, 3.05) is 16.8 Å². The van der Waals surface area contributed by atoms with Crippen LogP contribution >= 0.6 is 0 Å². The molecule has 0 fully saturated rings. The lowest BCUT2D eigenvalue weighted by molar-refractivity contribution is -0.117. The summed E-state index contributed by atoms with van der Waals surface area (Å²) in [5, 5.41) is 2.90. The smallest absolute Gasteiger partial charge is 0.226 e. The van der Waals surface area contributed by atoms with E-state index in [1.54, 1.807) is 4.90 Å². The molecule has 5 heteroatoms. The van der Waals surface area contributed by atoms with Gasteiger partial charge in [0.05, 0.1) is 11.8 Å². The van der Waals surface area contributed by atoms with Gasteiger partial charge in [0.15, 0.2) is 0 Å². The highest BCUT2D eigenvalue weighted by atomic mass is 16.5. The van der Waals surface area contributed by atoms with Gasteiger partial charge in [0, 0.05) is 25.6 Å². The Hall–Kier alpha value is -2.82. The summed E-state index contributed by atoms with van der Waals surface area (Å²) in [5.74, 6) is 0.389. The van der Waals surface area contributed by atoms with E-state index in [9.17, 15) is 9.59 Å². The van der Waals surface area contributed by atoms with Crippen LogP contribution in [-0.4, -0.2) is 24.5 Å². The molecule has 156 valence electrons. The maximum absolute atomic E-state index is 12.6. The summed E-state index contributed by atoms with van der Waals surface area (Å²) < 4.78 is 5.75. The number of anilines is 2. The molecule has 29 heavy (non-hydrogen) atoms. The van der Waals surface area contributed by atoms with Gasteiger partial charge in [-0.1, -0.05) is 51.1 Å². The number of para-hydroxylation sites is 3. The van der Waals surface area contributed by atoms with E-state index in [2.05, 4.69) is 26.1 Å². The number of hydrogen-bond donors (Lipinski definition) is 1. The van der Waals surface area contributed by atoms with Crippen molar-refractivity contribution in [2.45, 2.75) is 59.5 Å². The first-order valence-electron chi connectivity index (χ1n) is 10.0. The maximum Gasteiger partial charge on any atom is 0.226 e. The number of rotatable bonds is 7. The number of nitrogens with zero attached hydrogens (tertiary/aromatic N) is 1. The third kappa shape index (κ3) is 6.34. The zero-order chi connectivity index (χ0) is 21.6. The molecule has 0 saturated heterocycles. The third-order valence-electron chi connectivity index (χ3n) is 4.47. The predicted molar refractivity (Wildman–Crippen MR) is 119 cm³/mol. The summed E-state index contributed by atoms with van der Waals surface area (Å²) in [6.07, 6.45) is 0.198. The molecule has 0 saturated carbocycles. The fraction of sp³-hybridized carbons (Fsp3) is 0.417. The van der Waals surface area contributed by atoms with Crippen LogP contribution in [0, 0.1) is 0 Å². The molecule has 0 unspecified atom stereocenters. The normalized spacial score (nSPS) is 11.3. The zero-order valence-electron chi connectivity index (χ0n) is 18.3. The van der Waals surface area contributed by atoms with Crippen LogP contribution in [0.4, 0.5) is 11.4 Å². The standard InChI is InChI=1S/C24H32N2O3/c1-17(2)29-22-14-10-8-12-20(22)25-23(28)15-16-26(18(3)27)21-13-9-7-11-19(21)24(4,5)6/h7-14,17H,15-16H2,1-6H3,(H,25,28). The molecule has 1 N–H and O–H groups in total.